The topological polar surface area (TPSA) is 104 Å². The van der Waals surface area contributed by atoms with Gasteiger partial charge in [-0.1, -0.05) is 6.07 Å². The van der Waals surface area contributed by atoms with Crippen LogP contribution in [0, 0.1) is 0 Å². The Balaban J connectivity index is 3.05. The molecule has 0 aromatic heterocycles. The van der Waals surface area contributed by atoms with Crippen LogP contribution in [-0.2, 0) is 4.79 Å². The zero-order valence-electron chi connectivity index (χ0n) is 9.54. The molecule has 1 aromatic rings. The van der Waals surface area contributed by atoms with Crippen LogP contribution in [0.2, 0.25) is 0 Å². The summed E-state index contributed by atoms with van der Waals surface area (Å²) >= 11 is 0. The summed E-state index contributed by atoms with van der Waals surface area (Å²) < 4.78 is 0. The summed E-state index contributed by atoms with van der Waals surface area (Å²) in [5, 5.41) is 18.4. The molecule has 0 radical (unpaired) electrons. The van der Waals surface area contributed by atoms with Crippen LogP contribution in [0.15, 0.2) is 18.2 Å². The number of aromatic hydroxyl groups is 1. The molecule has 0 aliphatic heterocycles. The van der Waals surface area contributed by atoms with Crippen molar-refractivity contribution in [3.05, 3.63) is 23.8 Å². The SMILES string of the molecule is CC(C(=O)O)N(C)C(=O)c1cccc(N)c1O. The summed E-state index contributed by atoms with van der Waals surface area (Å²) in [6.45, 7) is 1.38. The molecule has 0 fully saturated rings. The van der Waals surface area contributed by atoms with Crippen LogP contribution in [0.3, 0.4) is 0 Å². The Hall–Kier alpha value is -2.24. The maximum Gasteiger partial charge on any atom is 0.326 e. The van der Waals surface area contributed by atoms with Crippen molar-refractivity contribution in [3.8, 4) is 5.75 Å². The van der Waals surface area contributed by atoms with E-state index in [9.17, 15) is 14.7 Å². The predicted octanol–water partition coefficient (Wildman–Crippen LogP) is 0.519. The third kappa shape index (κ3) is 2.47. The molecule has 1 rings (SSSR count). The lowest BCUT2D eigenvalue weighted by Gasteiger charge is -2.22. The quantitative estimate of drug-likeness (QED) is 0.526. The maximum atomic E-state index is 11.9. The number of nitrogen functional groups attached to an aromatic ring is 1. The van der Waals surface area contributed by atoms with E-state index in [0.717, 1.165) is 4.90 Å². The molecule has 0 aliphatic rings. The third-order valence-electron chi connectivity index (χ3n) is 2.56. The summed E-state index contributed by atoms with van der Waals surface area (Å²) in [7, 11) is 1.35. The van der Waals surface area contributed by atoms with Gasteiger partial charge in [-0.25, -0.2) is 4.79 Å². The highest BCUT2D eigenvalue weighted by Gasteiger charge is 2.24. The highest BCUT2D eigenvalue weighted by molar-refractivity contribution is 6.00. The van der Waals surface area contributed by atoms with Crippen LogP contribution in [0.25, 0.3) is 0 Å². The Labute approximate surface area is 98.3 Å². The van der Waals surface area contributed by atoms with Crippen molar-refractivity contribution in [2.24, 2.45) is 0 Å². The minimum absolute atomic E-state index is 0.0133. The number of carbonyl (C=O) groups is 2. The second-order valence-electron chi connectivity index (χ2n) is 3.67. The molecule has 0 saturated heterocycles. The molecule has 17 heavy (non-hydrogen) atoms. The van der Waals surface area contributed by atoms with E-state index in [2.05, 4.69) is 0 Å². The first-order chi connectivity index (χ1) is 7.86. The fourth-order valence-corrected chi connectivity index (χ4v) is 1.27. The third-order valence-corrected chi connectivity index (χ3v) is 2.56. The van der Waals surface area contributed by atoms with Crippen LogP contribution in [0.5, 0.6) is 5.75 Å². The van der Waals surface area contributed by atoms with Gasteiger partial charge in [-0.3, -0.25) is 4.79 Å². The number of hydrogen-bond donors (Lipinski definition) is 3. The maximum absolute atomic E-state index is 11.9. The molecule has 6 heteroatoms. The van der Waals surface area contributed by atoms with Gasteiger partial charge in [0.05, 0.1) is 11.3 Å². The van der Waals surface area contributed by atoms with Crippen molar-refractivity contribution in [2.75, 3.05) is 12.8 Å². The molecule has 6 nitrogen and oxygen atoms in total. The average Bonchev–Trinajstić information content (AvgIpc) is 2.29. The van der Waals surface area contributed by atoms with Crippen LogP contribution in [0.1, 0.15) is 17.3 Å². The first kappa shape index (κ1) is 12.8. The summed E-state index contributed by atoms with van der Waals surface area (Å²) in [5.41, 5.74) is 5.52. The first-order valence-corrected chi connectivity index (χ1v) is 4.93. The number of carboxylic acid groups (broad SMARTS) is 1. The number of rotatable bonds is 3. The smallest absolute Gasteiger partial charge is 0.326 e. The van der Waals surface area contributed by atoms with Gasteiger partial charge in [0.15, 0.2) is 5.75 Å². The zero-order chi connectivity index (χ0) is 13.2. The van der Waals surface area contributed by atoms with Gasteiger partial charge >= 0.3 is 5.97 Å². The van der Waals surface area contributed by atoms with Crippen molar-refractivity contribution in [2.45, 2.75) is 13.0 Å². The van der Waals surface area contributed by atoms with E-state index in [0.29, 0.717) is 0 Å². The zero-order valence-corrected chi connectivity index (χ0v) is 9.54. The Morgan fingerprint density at radius 3 is 2.53 bits per heavy atom. The molecule has 4 N–H and O–H groups in total. The molecule has 0 spiro atoms. The average molecular weight is 238 g/mol. The second-order valence-corrected chi connectivity index (χ2v) is 3.67. The van der Waals surface area contributed by atoms with Crippen molar-refractivity contribution in [1.82, 2.24) is 4.90 Å². The van der Waals surface area contributed by atoms with Gasteiger partial charge in [0.1, 0.15) is 6.04 Å². The van der Waals surface area contributed by atoms with Gasteiger partial charge in [-0.05, 0) is 19.1 Å². The van der Waals surface area contributed by atoms with E-state index in [4.69, 9.17) is 10.8 Å². The van der Waals surface area contributed by atoms with E-state index in [1.54, 1.807) is 0 Å². The normalized spacial score (nSPS) is 11.9. The molecular formula is C11H14N2O4. The van der Waals surface area contributed by atoms with Crippen molar-refractivity contribution in [3.63, 3.8) is 0 Å². The number of anilines is 1. The van der Waals surface area contributed by atoms with Crippen LogP contribution >= 0.6 is 0 Å². The standard InChI is InChI=1S/C11H14N2O4/c1-6(11(16)17)13(2)10(15)7-4-3-5-8(12)9(7)14/h3-6,14H,12H2,1-2H3,(H,16,17). The number of likely N-dealkylation sites (N-methyl/N-ethyl adjacent to an activating group) is 1. The number of benzene rings is 1. The number of hydrogen-bond acceptors (Lipinski definition) is 4. The number of aliphatic carboxylic acids is 1. The first-order valence-electron chi connectivity index (χ1n) is 4.93. The summed E-state index contributed by atoms with van der Waals surface area (Å²) in [6, 6.07) is 3.37. The Morgan fingerprint density at radius 1 is 1.41 bits per heavy atom. The number of nitrogens with two attached hydrogens (primary N) is 1. The highest BCUT2D eigenvalue weighted by atomic mass is 16.4. The summed E-state index contributed by atoms with van der Waals surface area (Å²) in [6.07, 6.45) is 0. The number of amides is 1. The van der Waals surface area contributed by atoms with Gasteiger partial charge in [-0.2, -0.15) is 0 Å². The summed E-state index contributed by atoms with van der Waals surface area (Å²) in [5.74, 6) is -2.05. The molecule has 0 heterocycles. The molecule has 0 aliphatic carbocycles. The van der Waals surface area contributed by atoms with E-state index < -0.39 is 17.9 Å². The van der Waals surface area contributed by atoms with Crippen molar-refractivity contribution < 1.29 is 19.8 Å². The number of carbonyl (C=O) groups excluding carboxylic acids is 1. The van der Waals surface area contributed by atoms with E-state index in [1.807, 2.05) is 0 Å². The van der Waals surface area contributed by atoms with Gasteiger partial charge in [0.25, 0.3) is 5.91 Å². The number of phenols is 1. The fourth-order valence-electron chi connectivity index (χ4n) is 1.27. The second kappa shape index (κ2) is 4.73. The summed E-state index contributed by atoms with van der Waals surface area (Å²) in [4.78, 5) is 23.7. The minimum Gasteiger partial charge on any atom is -0.505 e. The lowest BCUT2D eigenvalue weighted by atomic mass is 10.1. The Kier molecular flexibility index (Phi) is 3.57. The number of nitrogens with zero attached hydrogens (tertiary/aromatic N) is 1. The molecule has 92 valence electrons. The lowest BCUT2D eigenvalue weighted by Crippen LogP contribution is -2.40. The van der Waals surface area contributed by atoms with Crippen molar-refractivity contribution >= 4 is 17.6 Å². The lowest BCUT2D eigenvalue weighted by molar-refractivity contribution is -0.141. The van der Waals surface area contributed by atoms with E-state index in [-0.39, 0.29) is 17.0 Å². The molecule has 1 atom stereocenters. The van der Waals surface area contributed by atoms with Gasteiger partial charge in [0, 0.05) is 7.05 Å². The monoisotopic (exact) mass is 238 g/mol. The van der Waals surface area contributed by atoms with Gasteiger partial charge in [-0.15, -0.1) is 0 Å². The largest absolute Gasteiger partial charge is 0.505 e. The fraction of sp³-hybridized carbons (Fsp3) is 0.273. The molecule has 1 amide bonds. The highest BCUT2D eigenvalue weighted by Crippen LogP contribution is 2.25. The molecule has 0 bridgehead atoms. The Morgan fingerprint density at radius 2 is 2.00 bits per heavy atom. The van der Waals surface area contributed by atoms with Gasteiger partial charge in [0.2, 0.25) is 0 Å². The van der Waals surface area contributed by atoms with E-state index >= 15 is 0 Å². The number of para-hydroxylation sites is 1. The van der Waals surface area contributed by atoms with Crippen LogP contribution < -0.4 is 5.73 Å². The Bertz CT molecular complexity index is 459. The number of phenolic OH excluding ortho intramolecular Hbond substituents is 1. The number of carboxylic acids is 1. The molecule has 1 aromatic carbocycles. The molecular weight excluding hydrogens is 224 g/mol. The predicted molar refractivity (Wildman–Crippen MR) is 61.7 cm³/mol. The molecule has 0 saturated carbocycles. The van der Waals surface area contributed by atoms with Gasteiger partial charge < -0.3 is 20.8 Å². The molecule has 1 unspecified atom stereocenters. The minimum atomic E-state index is -1.12. The van der Waals surface area contributed by atoms with Crippen LogP contribution in [0.4, 0.5) is 5.69 Å². The van der Waals surface area contributed by atoms with Crippen LogP contribution in [-0.4, -0.2) is 40.1 Å². The van der Waals surface area contributed by atoms with E-state index in [1.165, 1.54) is 32.2 Å². The van der Waals surface area contributed by atoms with Crippen molar-refractivity contribution in [1.29, 1.82) is 0 Å².